The van der Waals surface area contributed by atoms with Crippen LogP contribution in [0.2, 0.25) is 0 Å². The summed E-state index contributed by atoms with van der Waals surface area (Å²) in [5.74, 6) is 1.83. The number of ether oxygens (including phenoxy) is 2. The molecule has 2 aliphatic rings. The molecule has 0 bridgehead atoms. The van der Waals surface area contributed by atoms with Gasteiger partial charge in [-0.25, -0.2) is 0 Å². The van der Waals surface area contributed by atoms with Gasteiger partial charge in [-0.05, 0) is 43.7 Å². The van der Waals surface area contributed by atoms with E-state index >= 15 is 0 Å². The van der Waals surface area contributed by atoms with E-state index in [0.717, 1.165) is 62.0 Å². The second-order valence-corrected chi connectivity index (χ2v) is 9.07. The summed E-state index contributed by atoms with van der Waals surface area (Å²) in [5, 5.41) is 13.9. The second-order valence-electron chi connectivity index (χ2n) is 9.07. The zero-order valence-electron chi connectivity index (χ0n) is 18.9. The van der Waals surface area contributed by atoms with Crippen molar-refractivity contribution in [3.05, 3.63) is 36.0 Å². The second kappa shape index (κ2) is 11.7. The Kier molecular flexibility index (Phi) is 8.38. The van der Waals surface area contributed by atoms with Crippen LogP contribution in [0.15, 0.2) is 30.5 Å². The molecule has 0 amide bonds. The molecule has 0 unspecified atom stereocenters. The molecule has 2 saturated carbocycles. The van der Waals surface area contributed by atoms with E-state index in [2.05, 4.69) is 45.1 Å². The maximum atomic E-state index is 6.15. The van der Waals surface area contributed by atoms with Gasteiger partial charge in [-0.2, -0.15) is 5.10 Å². The molecular weight excluding hydrogens is 388 g/mol. The van der Waals surface area contributed by atoms with Crippen LogP contribution in [0.4, 0.5) is 0 Å². The lowest BCUT2D eigenvalue weighted by Crippen LogP contribution is -2.39. The molecule has 2 aliphatic carbocycles. The summed E-state index contributed by atoms with van der Waals surface area (Å²) in [6.45, 7) is 3.61. The van der Waals surface area contributed by atoms with Gasteiger partial charge in [0.25, 0.3) is 0 Å². The molecule has 0 radical (unpaired) electrons. The van der Waals surface area contributed by atoms with Gasteiger partial charge in [0, 0.05) is 50.2 Å². The van der Waals surface area contributed by atoms with Crippen LogP contribution < -0.4 is 15.4 Å². The number of hydrogen-bond donors (Lipinski definition) is 3. The fourth-order valence-corrected chi connectivity index (χ4v) is 4.65. The Labute approximate surface area is 186 Å². The van der Waals surface area contributed by atoms with Crippen LogP contribution in [0.1, 0.15) is 56.9 Å². The quantitative estimate of drug-likeness (QED) is 0.442. The normalized spacial score (nSPS) is 21.7. The lowest BCUT2D eigenvalue weighted by atomic mass is 9.87. The van der Waals surface area contributed by atoms with Crippen molar-refractivity contribution in [3.63, 3.8) is 0 Å². The molecule has 1 aromatic carbocycles. The zero-order valence-corrected chi connectivity index (χ0v) is 18.9. The minimum absolute atomic E-state index is 0.282. The number of benzene rings is 1. The highest BCUT2D eigenvalue weighted by Crippen LogP contribution is 2.31. The average Bonchev–Trinajstić information content (AvgIpc) is 3.24. The number of aromatic amines is 1. The Hall–Kier alpha value is -1.89. The first kappa shape index (κ1) is 22.3. The molecule has 170 valence electrons. The topological polar surface area (TPSA) is 71.2 Å². The first-order chi connectivity index (χ1) is 15.3. The van der Waals surface area contributed by atoms with Crippen molar-refractivity contribution in [1.29, 1.82) is 0 Å². The highest BCUT2D eigenvalue weighted by Gasteiger charge is 2.31. The molecule has 2 fully saturated rings. The molecular formula is C25H38N4O2. The predicted octanol–water partition coefficient (Wildman–Crippen LogP) is 4.28. The monoisotopic (exact) mass is 426 g/mol. The Morgan fingerprint density at radius 1 is 1.03 bits per heavy atom. The van der Waals surface area contributed by atoms with Crippen LogP contribution in [-0.4, -0.2) is 49.1 Å². The minimum atomic E-state index is 0.282. The first-order valence-electron chi connectivity index (χ1n) is 12.1. The van der Waals surface area contributed by atoms with Gasteiger partial charge >= 0.3 is 0 Å². The van der Waals surface area contributed by atoms with E-state index in [1.807, 2.05) is 13.2 Å². The van der Waals surface area contributed by atoms with Gasteiger partial charge in [0.15, 0.2) is 0 Å². The van der Waals surface area contributed by atoms with Crippen molar-refractivity contribution in [2.75, 3.05) is 26.7 Å². The van der Waals surface area contributed by atoms with Crippen LogP contribution >= 0.6 is 0 Å². The van der Waals surface area contributed by atoms with E-state index in [-0.39, 0.29) is 6.10 Å². The summed E-state index contributed by atoms with van der Waals surface area (Å²) in [5.41, 5.74) is 3.38. The summed E-state index contributed by atoms with van der Waals surface area (Å²) in [7, 11) is 1.96. The molecule has 6 heteroatoms. The molecule has 0 saturated heterocycles. The van der Waals surface area contributed by atoms with Gasteiger partial charge in [0.2, 0.25) is 0 Å². The first-order valence-corrected chi connectivity index (χ1v) is 12.1. The van der Waals surface area contributed by atoms with Crippen molar-refractivity contribution in [2.24, 2.45) is 5.92 Å². The van der Waals surface area contributed by atoms with Gasteiger partial charge in [-0.3, -0.25) is 5.10 Å². The number of rotatable bonds is 12. The van der Waals surface area contributed by atoms with E-state index in [9.17, 15) is 0 Å². The van der Waals surface area contributed by atoms with E-state index in [4.69, 9.17) is 9.47 Å². The number of likely N-dealkylation sites (N-methyl/N-ethyl adjacent to an activating group) is 1. The minimum Gasteiger partial charge on any atom is -0.490 e. The third-order valence-corrected chi connectivity index (χ3v) is 6.69. The Morgan fingerprint density at radius 3 is 2.61 bits per heavy atom. The number of aromatic nitrogens is 2. The van der Waals surface area contributed by atoms with Crippen LogP contribution in [0.25, 0.3) is 11.3 Å². The van der Waals surface area contributed by atoms with Crippen LogP contribution in [0, 0.1) is 5.92 Å². The molecule has 2 aromatic rings. The Bertz CT molecular complexity index is 764. The molecule has 6 nitrogen and oxygen atoms in total. The highest BCUT2D eigenvalue weighted by molar-refractivity contribution is 5.63. The number of nitrogens with zero attached hydrogens (tertiary/aromatic N) is 1. The molecule has 1 heterocycles. The van der Waals surface area contributed by atoms with Crippen LogP contribution in [-0.2, 0) is 11.3 Å². The predicted molar refractivity (Wildman–Crippen MR) is 124 cm³/mol. The number of nitrogens with one attached hydrogen (secondary N) is 3. The van der Waals surface area contributed by atoms with Crippen molar-refractivity contribution < 1.29 is 9.47 Å². The largest absolute Gasteiger partial charge is 0.490 e. The van der Waals surface area contributed by atoms with Gasteiger partial charge in [0.1, 0.15) is 11.9 Å². The Balaban J connectivity index is 1.17. The average molecular weight is 427 g/mol. The molecule has 31 heavy (non-hydrogen) atoms. The zero-order chi connectivity index (χ0) is 21.3. The molecule has 3 N–H and O–H groups in total. The van der Waals surface area contributed by atoms with E-state index in [1.54, 1.807) is 0 Å². The van der Waals surface area contributed by atoms with Crippen molar-refractivity contribution in [2.45, 2.75) is 70.1 Å². The number of hydrogen-bond acceptors (Lipinski definition) is 5. The third kappa shape index (κ3) is 6.55. The summed E-state index contributed by atoms with van der Waals surface area (Å²) in [4.78, 5) is 0. The maximum absolute atomic E-state index is 6.15. The highest BCUT2D eigenvalue weighted by atomic mass is 16.5. The smallest absolute Gasteiger partial charge is 0.119 e. The molecule has 0 spiro atoms. The van der Waals surface area contributed by atoms with Crippen molar-refractivity contribution >= 4 is 0 Å². The standard InChI is InChI=1S/C25H38N4O2/c1-26-12-13-27-17-21-18-28-29-25(21)20-7-9-22(10-8-20)31-24-15-23(16-24)30-14-11-19-5-3-2-4-6-19/h7-10,18-19,23-24,26-27H,2-6,11-17H2,1H3,(H,28,29). The summed E-state index contributed by atoms with van der Waals surface area (Å²) in [6, 6.07) is 8.34. The van der Waals surface area contributed by atoms with E-state index < -0.39 is 0 Å². The van der Waals surface area contributed by atoms with Gasteiger partial charge in [-0.1, -0.05) is 32.1 Å². The maximum Gasteiger partial charge on any atom is 0.119 e. The van der Waals surface area contributed by atoms with Gasteiger partial charge in [-0.15, -0.1) is 0 Å². The van der Waals surface area contributed by atoms with Crippen LogP contribution in [0.3, 0.4) is 0 Å². The SMILES string of the molecule is CNCCNCc1cn[nH]c1-c1ccc(OC2CC(OCCC3CCCCC3)C2)cc1. The van der Waals surface area contributed by atoms with Crippen LogP contribution in [0.5, 0.6) is 5.75 Å². The fourth-order valence-electron chi connectivity index (χ4n) is 4.65. The van der Waals surface area contributed by atoms with Gasteiger partial charge < -0.3 is 20.1 Å². The summed E-state index contributed by atoms with van der Waals surface area (Å²) >= 11 is 0. The van der Waals surface area contributed by atoms with E-state index in [1.165, 1.54) is 44.1 Å². The van der Waals surface area contributed by atoms with Gasteiger partial charge in [0.05, 0.1) is 18.0 Å². The number of H-pyrrole nitrogens is 1. The molecule has 0 aliphatic heterocycles. The molecule has 4 rings (SSSR count). The lowest BCUT2D eigenvalue weighted by molar-refractivity contribution is -0.0645. The van der Waals surface area contributed by atoms with Crippen molar-refractivity contribution in [3.8, 4) is 17.0 Å². The molecule has 0 atom stereocenters. The van der Waals surface area contributed by atoms with E-state index in [0.29, 0.717) is 6.10 Å². The summed E-state index contributed by atoms with van der Waals surface area (Å²) in [6.07, 6.45) is 12.9. The fraction of sp³-hybridized carbons (Fsp3) is 0.640. The summed E-state index contributed by atoms with van der Waals surface area (Å²) < 4.78 is 12.2. The Morgan fingerprint density at radius 2 is 1.84 bits per heavy atom. The lowest BCUT2D eigenvalue weighted by Gasteiger charge is -2.35. The molecule has 1 aromatic heterocycles. The van der Waals surface area contributed by atoms with Crippen molar-refractivity contribution in [1.82, 2.24) is 20.8 Å². The third-order valence-electron chi connectivity index (χ3n) is 6.69.